The quantitative estimate of drug-likeness (QED) is 0.856. The Balaban J connectivity index is 2.27. The molecule has 0 aliphatic carbocycles. The minimum Gasteiger partial charge on any atom is -0.356 e. The molecule has 88 valence electrons. The average molecular weight is 339 g/mol. The molecule has 2 aromatic rings. The molecule has 0 aliphatic rings. The number of hydrogen-bond donors (Lipinski definition) is 1. The van der Waals surface area contributed by atoms with Crippen LogP contribution >= 0.6 is 22.6 Å². The molecule has 2 aromatic carbocycles. The Bertz CT molecular complexity index is 551. The number of fused-ring (bicyclic) bond motifs is 1. The molecule has 0 aliphatic heterocycles. The van der Waals surface area contributed by atoms with Gasteiger partial charge in [0.15, 0.2) is 0 Å². The van der Waals surface area contributed by atoms with Gasteiger partial charge in [-0.05, 0) is 57.5 Å². The van der Waals surface area contributed by atoms with Crippen molar-refractivity contribution in [2.75, 3.05) is 6.54 Å². The largest absolute Gasteiger partial charge is 0.356 e. The van der Waals surface area contributed by atoms with E-state index in [0.29, 0.717) is 6.54 Å². The monoisotopic (exact) mass is 339 g/mol. The summed E-state index contributed by atoms with van der Waals surface area (Å²) in [5.41, 5.74) is 1.29. The van der Waals surface area contributed by atoms with Crippen LogP contribution < -0.4 is 5.32 Å². The Morgan fingerprint density at radius 2 is 2.12 bits per heavy atom. The first-order valence-electron chi connectivity index (χ1n) is 5.58. The summed E-state index contributed by atoms with van der Waals surface area (Å²) >= 11 is 2.32. The number of rotatable bonds is 3. The molecule has 0 aromatic heterocycles. The highest BCUT2D eigenvalue weighted by Gasteiger charge is 2.01. The second kappa shape index (κ2) is 5.49. The third-order valence-corrected chi connectivity index (χ3v) is 3.37. The molecule has 0 bridgehead atoms. The fraction of sp³-hybridized carbons (Fsp3) is 0.214. The smallest absolute Gasteiger partial charge is 0.216 e. The normalized spacial score (nSPS) is 10.5. The molecular weight excluding hydrogens is 325 g/mol. The van der Waals surface area contributed by atoms with Gasteiger partial charge in [0.1, 0.15) is 0 Å². The van der Waals surface area contributed by atoms with Crippen LogP contribution in [0.25, 0.3) is 10.8 Å². The molecule has 2 rings (SSSR count). The minimum atomic E-state index is 0.0276. The SMILES string of the molecule is CC(=O)NCCc1cccc2ccc(I)cc12. The molecule has 1 N–H and O–H groups in total. The number of amides is 1. The van der Waals surface area contributed by atoms with Crippen LogP contribution in [-0.2, 0) is 11.2 Å². The van der Waals surface area contributed by atoms with Crippen LogP contribution in [-0.4, -0.2) is 12.5 Å². The standard InChI is InChI=1S/C14H14INO/c1-10(17)16-8-7-12-4-2-3-11-5-6-13(15)9-14(11)12/h2-6,9H,7-8H2,1H3,(H,16,17). The molecule has 2 nitrogen and oxygen atoms in total. The lowest BCUT2D eigenvalue weighted by molar-refractivity contribution is -0.118. The van der Waals surface area contributed by atoms with E-state index in [2.05, 4.69) is 64.3 Å². The van der Waals surface area contributed by atoms with E-state index in [9.17, 15) is 4.79 Å². The lowest BCUT2D eigenvalue weighted by atomic mass is 10.0. The van der Waals surface area contributed by atoms with Crippen molar-refractivity contribution in [2.45, 2.75) is 13.3 Å². The Hall–Kier alpha value is -1.10. The average Bonchev–Trinajstić information content (AvgIpc) is 2.29. The van der Waals surface area contributed by atoms with E-state index in [-0.39, 0.29) is 5.91 Å². The summed E-state index contributed by atoms with van der Waals surface area (Å²) in [7, 11) is 0. The summed E-state index contributed by atoms with van der Waals surface area (Å²) < 4.78 is 1.24. The molecule has 0 heterocycles. The number of carbonyl (C=O) groups excluding carboxylic acids is 1. The highest BCUT2D eigenvalue weighted by molar-refractivity contribution is 14.1. The summed E-state index contributed by atoms with van der Waals surface area (Å²) in [6.07, 6.45) is 0.872. The fourth-order valence-electron chi connectivity index (χ4n) is 1.90. The Morgan fingerprint density at radius 3 is 2.88 bits per heavy atom. The van der Waals surface area contributed by atoms with Crippen molar-refractivity contribution < 1.29 is 4.79 Å². The van der Waals surface area contributed by atoms with Gasteiger partial charge in [0, 0.05) is 17.0 Å². The molecule has 0 atom stereocenters. The number of hydrogen-bond acceptors (Lipinski definition) is 1. The number of benzene rings is 2. The van der Waals surface area contributed by atoms with Gasteiger partial charge in [0.05, 0.1) is 0 Å². The van der Waals surface area contributed by atoms with Gasteiger partial charge in [0.25, 0.3) is 0 Å². The zero-order chi connectivity index (χ0) is 12.3. The first kappa shape index (κ1) is 12.4. The topological polar surface area (TPSA) is 29.1 Å². The minimum absolute atomic E-state index is 0.0276. The summed E-state index contributed by atoms with van der Waals surface area (Å²) in [6.45, 7) is 2.24. The zero-order valence-electron chi connectivity index (χ0n) is 9.66. The van der Waals surface area contributed by atoms with Gasteiger partial charge in [-0.25, -0.2) is 0 Å². The van der Waals surface area contributed by atoms with Crippen LogP contribution in [0, 0.1) is 3.57 Å². The van der Waals surface area contributed by atoms with Crippen LogP contribution in [0.4, 0.5) is 0 Å². The van der Waals surface area contributed by atoms with Gasteiger partial charge in [0.2, 0.25) is 5.91 Å². The summed E-state index contributed by atoms with van der Waals surface area (Å²) in [4.78, 5) is 10.8. The summed E-state index contributed by atoms with van der Waals surface area (Å²) in [5.74, 6) is 0.0276. The van der Waals surface area contributed by atoms with E-state index in [1.165, 1.54) is 19.9 Å². The van der Waals surface area contributed by atoms with Crippen LogP contribution in [0.3, 0.4) is 0 Å². The van der Waals surface area contributed by atoms with Crippen molar-refractivity contribution in [1.82, 2.24) is 5.32 Å². The van der Waals surface area contributed by atoms with Crippen molar-refractivity contribution in [3.63, 3.8) is 0 Å². The maximum absolute atomic E-state index is 10.8. The summed E-state index contributed by atoms with van der Waals surface area (Å²) in [6, 6.07) is 12.8. The predicted octanol–water partition coefficient (Wildman–Crippen LogP) is 3.12. The maximum Gasteiger partial charge on any atom is 0.216 e. The second-order valence-electron chi connectivity index (χ2n) is 4.02. The third kappa shape index (κ3) is 3.19. The lowest BCUT2D eigenvalue weighted by Gasteiger charge is -2.07. The lowest BCUT2D eigenvalue weighted by Crippen LogP contribution is -2.22. The molecule has 0 spiro atoms. The molecule has 17 heavy (non-hydrogen) atoms. The summed E-state index contributed by atoms with van der Waals surface area (Å²) in [5, 5.41) is 5.37. The Labute approximate surface area is 115 Å². The van der Waals surface area contributed by atoms with E-state index in [1.807, 2.05) is 0 Å². The van der Waals surface area contributed by atoms with Gasteiger partial charge < -0.3 is 5.32 Å². The molecule has 0 radical (unpaired) electrons. The molecule has 0 fully saturated rings. The van der Waals surface area contributed by atoms with E-state index in [4.69, 9.17) is 0 Å². The second-order valence-corrected chi connectivity index (χ2v) is 5.26. The van der Waals surface area contributed by atoms with E-state index >= 15 is 0 Å². The molecule has 0 unspecified atom stereocenters. The third-order valence-electron chi connectivity index (χ3n) is 2.70. The van der Waals surface area contributed by atoms with Gasteiger partial charge in [-0.3, -0.25) is 4.79 Å². The van der Waals surface area contributed by atoms with E-state index in [1.54, 1.807) is 6.92 Å². The van der Waals surface area contributed by atoms with Crippen molar-refractivity contribution in [2.24, 2.45) is 0 Å². The van der Waals surface area contributed by atoms with E-state index < -0.39 is 0 Å². The number of halogens is 1. The predicted molar refractivity (Wildman–Crippen MR) is 79.1 cm³/mol. The maximum atomic E-state index is 10.8. The van der Waals surface area contributed by atoms with Crippen LogP contribution in [0.15, 0.2) is 36.4 Å². The number of nitrogens with one attached hydrogen (secondary N) is 1. The molecule has 0 saturated heterocycles. The van der Waals surface area contributed by atoms with Crippen molar-refractivity contribution in [3.05, 3.63) is 45.5 Å². The van der Waals surface area contributed by atoms with Gasteiger partial charge >= 0.3 is 0 Å². The Morgan fingerprint density at radius 1 is 1.29 bits per heavy atom. The van der Waals surface area contributed by atoms with Crippen LogP contribution in [0.1, 0.15) is 12.5 Å². The zero-order valence-corrected chi connectivity index (χ0v) is 11.8. The van der Waals surface area contributed by atoms with Crippen molar-refractivity contribution in [3.8, 4) is 0 Å². The highest BCUT2D eigenvalue weighted by atomic mass is 127. The first-order chi connectivity index (χ1) is 8.16. The first-order valence-corrected chi connectivity index (χ1v) is 6.66. The Kier molecular flexibility index (Phi) is 3.99. The van der Waals surface area contributed by atoms with Crippen LogP contribution in [0.2, 0.25) is 0 Å². The van der Waals surface area contributed by atoms with Crippen molar-refractivity contribution in [1.29, 1.82) is 0 Å². The van der Waals surface area contributed by atoms with Gasteiger partial charge in [-0.1, -0.05) is 24.3 Å². The molecule has 1 amide bonds. The van der Waals surface area contributed by atoms with E-state index in [0.717, 1.165) is 6.42 Å². The molecule has 0 saturated carbocycles. The van der Waals surface area contributed by atoms with Gasteiger partial charge in [-0.15, -0.1) is 0 Å². The highest BCUT2D eigenvalue weighted by Crippen LogP contribution is 2.21. The molecule has 3 heteroatoms. The van der Waals surface area contributed by atoms with Crippen molar-refractivity contribution >= 4 is 39.3 Å². The van der Waals surface area contributed by atoms with Gasteiger partial charge in [-0.2, -0.15) is 0 Å². The number of carbonyl (C=O) groups is 1. The fourth-order valence-corrected chi connectivity index (χ4v) is 2.39. The molecular formula is C14H14INO. The van der Waals surface area contributed by atoms with Crippen LogP contribution in [0.5, 0.6) is 0 Å².